The second-order valence-electron chi connectivity index (χ2n) is 9.13. The van der Waals surface area contributed by atoms with Crippen LogP contribution in [-0.4, -0.2) is 54.6 Å². The normalized spacial score (nSPS) is 21.5. The Kier molecular flexibility index (Phi) is 7.93. The molecule has 0 bridgehead atoms. The van der Waals surface area contributed by atoms with Gasteiger partial charge in [0.05, 0.1) is 6.20 Å². The highest BCUT2D eigenvalue weighted by Crippen LogP contribution is 2.30. The molecule has 7 heteroatoms. The third kappa shape index (κ3) is 6.09. The van der Waals surface area contributed by atoms with Crippen LogP contribution in [0.4, 0.5) is 10.1 Å². The molecule has 1 amide bonds. The predicted molar refractivity (Wildman–Crippen MR) is 128 cm³/mol. The lowest BCUT2D eigenvalue weighted by molar-refractivity contribution is -0.123. The molecule has 33 heavy (non-hydrogen) atoms. The van der Waals surface area contributed by atoms with Gasteiger partial charge in [-0.05, 0) is 68.9 Å². The molecule has 2 aromatic rings. The number of hydrogen-bond donors (Lipinski definition) is 1. The van der Waals surface area contributed by atoms with Gasteiger partial charge in [-0.2, -0.15) is 0 Å². The molecule has 4 rings (SSSR count). The zero-order valence-corrected chi connectivity index (χ0v) is 19.7. The van der Waals surface area contributed by atoms with Crippen LogP contribution < -0.4 is 15.0 Å². The van der Waals surface area contributed by atoms with E-state index in [2.05, 4.69) is 40.3 Å². The number of rotatable bonds is 7. The van der Waals surface area contributed by atoms with Crippen molar-refractivity contribution in [2.45, 2.75) is 52.2 Å². The minimum absolute atomic E-state index is 0.00631. The number of hydrogen-bond acceptors (Lipinski definition) is 5. The summed E-state index contributed by atoms with van der Waals surface area (Å²) in [5.74, 6) is 0.276. The van der Waals surface area contributed by atoms with E-state index in [1.807, 2.05) is 11.8 Å². The number of carbonyl (C=O) groups excluding carboxylic acids is 1. The molecule has 0 radical (unpaired) electrons. The first-order valence-corrected chi connectivity index (χ1v) is 12.2. The minimum Gasteiger partial charge on any atom is -0.474 e. The van der Waals surface area contributed by atoms with Crippen LogP contribution in [-0.2, 0) is 11.3 Å². The van der Waals surface area contributed by atoms with Crippen LogP contribution >= 0.6 is 0 Å². The number of anilines is 1. The van der Waals surface area contributed by atoms with Gasteiger partial charge in [0.1, 0.15) is 11.9 Å². The van der Waals surface area contributed by atoms with Gasteiger partial charge in [0, 0.05) is 56.9 Å². The van der Waals surface area contributed by atoms with Crippen LogP contribution in [0.25, 0.3) is 0 Å². The van der Waals surface area contributed by atoms with Gasteiger partial charge < -0.3 is 15.0 Å². The first kappa shape index (κ1) is 23.6. The molecule has 1 saturated carbocycles. The van der Waals surface area contributed by atoms with Gasteiger partial charge in [0.2, 0.25) is 11.8 Å². The molecule has 1 N–H and O–H groups in total. The van der Waals surface area contributed by atoms with E-state index >= 15 is 0 Å². The van der Waals surface area contributed by atoms with Crippen molar-refractivity contribution in [3.63, 3.8) is 0 Å². The molecule has 0 unspecified atom stereocenters. The second-order valence-corrected chi connectivity index (χ2v) is 9.13. The van der Waals surface area contributed by atoms with E-state index in [1.54, 1.807) is 6.07 Å². The highest BCUT2D eigenvalue weighted by atomic mass is 19.1. The Hall–Kier alpha value is -2.51. The van der Waals surface area contributed by atoms with E-state index in [0.717, 1.165) is 64.1 Å². The number of halogens is 1. The van der Waals surface area contributed by atoms with Gasteiger partial charge in [-0.15, -0.1) is 0 Å². The number of amides is 1. The zero-order chi connectivity index (χ0) is 23.2. The Morgan fingerprint density at radius 3 is 2.58 bits per heavy atom. The fraction of sp³-hybridized carbons (Fsp3) is 0.538. The SMILES string of the molecule is CCN(C(=O)C1CCC(Oc2ccc(F)cn2)CC1)c1ccc(CN2CCNCC2)c(C)c1. The lowest BCUT2D eigenvalue weighted by Crippen LogP contribution is -2.43. The summed E-state index contributed by atoms with van der Waals surface area (Å²) < 4.78 is 18.9. The zero-order valence-electron chi connectivity index (χ0n) is 19.7. The number of aryl methyl sites for hydroxylation is 1. The summed E-state index contributed by atoms with van der Waals surface area (Å²) in [6.07, 6.45) is 4.38. The number of pyridine rings is 1. The van der Waals surface area contributed by atoms with Crippen molar-refractivity contribution in [2.24, 2.45) is 5.92 Å². The smallest absolute Gasteiger partial charge is 0.230 e. The lowest BCUT2D eigenvalue weighted by atomic mass is 9.86. The molecule has 178 valence electrons. The number of nitrogens with one attached hydrogen (secondary N) is 1. The molecule has 1 saturated heterocycles. The Bertz CT molecular complexity index is 922. The first-order chi connectivity index (χ1) is 16.0. The van der Waals surface area contributed by atoms with Gasteiger partial charge in [-0.25, -0.2) is 9.37 Å². The maximum atomic E-state index is 13.4. The molecular formula is C26H35FN4O2. The average Bonchev–Trinajstić information content (AvgIpc) is 2.84. The van der Waals surface area contributed by atoms with Crippen LogP contribution in [0.3, 0.4) is 0 Å². The van der Waals surface area contributed by atoms with Crippen LogP contribution in [0.1, 0.15) is 43.7 Å². The van der Waals surface area contributed by atoms with Gasteiger partial charge in [-0.1, -0.05) is 6.07 Å². The number of benzene rings is 1. The molecule has 6 nitrogen and oxygen atoms in total. The number of piperazine rings is 1. The van der Waals surface area contributed by atoms with E-state index < -0.39 is 0 Å². The van der Waals surface area contributed by atoms with Crippen molar-refractivity contribution >= 4 is 11.6 Å². The summed E-state index contributed by atoms with van der Waals surface area (Å²) in [4.78, 5) is 21.7. The van der Waals surface area contributed by atoms with E-state index in [1.165, 1.54) is 23.4 Å². The monoisotopic (exact) mass is 454 g/mol. The van der Waals surface area contributed by atoms with Crippen LogP contribution in [0.5, 0.6) is 5.88 Å². The average molecular weight is 455 g/mol. The molecule has 2 heterocycles. The number of nitrogens with zero attached hydrogens (tertiary/aromatic N) is 3. The van der Waals surface area contributed by atoms with Gasteiger partial charge in [0.25, 0.3) is 0 Å². The molecule has 2 fully saturated rings. The summed E-state index contributed by atoms with van der Waals surface area (Å²) in [5.41, 5.74) is 3.55. The standard InChI is InChI=1S/C26H35FN4O2/c1-3-31(23-8-4-21(19(2)16-23)18-30-14-12-28-13-15-30)26(32)20-5-9-24(10-6-20)33-25-11-7-22(27)17-29-25/h4,7-8,11,16-17,20,24,28H,3,5-6,9-10,12-15,18H2,1-2H3. The van der Waals surface area contributed by atoms with Crippen LogP contribution in [0.2, 0.25) is 0 Å². The summed E-state index contributed by atoms with van der Waals surface area (Å²) >= 11 is 0. The number of aromatic nitrogens is 1. The molecule has 1 aliphatic carbocycles. The van der Waals surface area contributed by atoms with E-state index in [9.17, 15) is 9.18 Å². The minimum atomic E-state index is -0.372. The first-order valence-electron chi connectivity index (χ1n) is 12.2. The maximum absolute atomic E-state index is 13.4. The molecule has 1 aliphatic heterocycles. The quantitative estimate of drug-likeness (QED) is 0.687. The highest BCUT2D eigenvalue weighted by Gasteiger charge is 2.30. The van der Waals surface area contributed by atoms with Crippen LogP contribution in [0.15, 0.2) is 36.5 Å². The van der Waals surface area contributed by atoms with Crippen LogP contribution in [0, 0.1) is 18.7 Å². The van der Waals surface area contributed by atoms with Gasteiger partial charge in [0.15, 0.2) is 0 Å². The Morgan fingerprint density at radius 1 is 1.18 bits per heavy atom. The molecule has 2 aliphatic rings. The largest absolute Gasteiger partial charge is 0.474 e. The number of carbonyl (C=O) groups is 1. The topological polar surface area (TPSA) is 57.7 Å². The van der Waals surface area contributed by atoms with Crippen molar-refractivity contribution in [2.75, 3.05) is 37.6 Å². The summed E-state index contributed by atoms with van der Waals surface area (Å²) in [5, 5.41) is 3.40. The molecule has 0 atom stereocenters. The van der Waals surface area contributed by atoms with Gasteiger partial charge >= 0.3 is 0 Å². The third-order valence-corrected chi connectivity index (χ3v) is 6.83. The predicted octanol–water partition coefficient (Wildman–Crippen LogP) is 3.93. The maximum Gasteiger partial charge on any atom is 0.230 e. The molecule has 0 spiro atoms. The van der Waals surface area contributed by atoms with Crippen molar-refractivity contribution in [3.8, 4) is 5.88 Å². The Labute approximate surface area is 196 Å². The van der Waals surface area contributed by atoms with E-state index in [4.69, 9.17) is 4.74 Å². The molecule has 1 aromatic carbocycles. The fourth-order valence-electron chi connectivity index (χ4n) is 4.85. The van der Waals surface area contributed by atoms with Crippen molar-refractivity contribution < 1.29 is 13.9 Å². The second kappa shape index (κ2) is 11.1. The third-order valence-electron chi connectivity index (χ3n) is 6.83. The van der Waals surface area contributed by atoms with E-state index in [-0.39, 0.29) is 23.7 Å². The highest BCUT2D eigenvalue weighted by molar-refractivity contribution is 5.95. The lowest BCUT2D eigenvalue weighted by Gasteiger charge is -2.32. The Balaban J connectivity index is 1.34. The molecular weight excluding hydrogens is 419 g/mol. The van der Waals surface area contributed by atoms with Crippen molar-refractivity contribution in [3.05, 3.63) is 53.5 Å². The summed E-state index contributed by atoms with van der Waals surface area (Å²) in [6, 6.07) is 9.35. The van der Waals surface area contributed by atoms with Crippen molar-refractivity contribution in [1.29, 1.82) is 0 Å². The van der Waals surface area contributed by atoms with Crippen molar-refractivity contribution in [1.82, 2.24) is 15.2 Å². The summed E-state index contributed by atoms with van der Waals surface area (Å²) in [6.45, 7) is 10.0. The van der Waals surface area contributed by atoms with Gasteiger partial charge in [-0.3, -0.25) is 9.69 Å². The number of ether oxygens (including phenoxy) is 1. The summed E-state index contributed by atoms with van der Waals surface area (Å²) in [7, 11) is 0. The Morgan fingerprint density at radius 2 is 1.94 bits per heavy atom. The fourth-order valence-corrected chi connectivity index (χ4v) is 4.85. The van der Waals surface area contributed by atoms with E-state index in [0.29, 0.717) is 12.4 Å². The molecule has 1 aromatic heterocycles.